The van der Waals surface area contributed by atoms with E-state index in [9.17, 15) is 4.79 Å². The first-order valence-electron chi connectivity index (χ1n) is 5.20. The molecule has 2 N–H and O–H groups in total. The highest BCUT2D eigenvalue weighted by Crippen LogP contribution is 2.28. The topological polar surface area (TPSA) is 46.3 Å². The summed E-state index contributed by atoms with van der Waals surface area (Å²) in [6, 6.07) is 13.4. The second-order valence-corrected chi connectivity index (χ2v) is 4.40. The minimum absolute atomic E-state index is 0.357. The van der Waals surface area contributed by atoms with Crippen LogP contribution in [0.15, 0.2) is 48.5 Å². The molecule has 18 heavy (non-hydrogen) atoms. The Bertz CT molecular complexity index is 569. The molecule has 0 atom stereocenters. The third-order valence-corrected chi connectivity index (χ3v) is 3.06. The average molecular weight is 281 g/mol. The molecule has 92 valence electrons. The fraction of sp³-hybridized carbons (Fsp3) is 0. The summed E-state index contributed by atoms with van der Waals surface area (Å²) in [5, 5.41) is 0.413. The highest BCUT2D eigenvalue weighted by Gasteiger charge is 2.17. The van der Waals surface area contributed by atoms with Gasteiger partial charge in [-0.2, -0.15) is 0 Å². The Balaban J connectivity index is 2.29. The van der Waals surface area contributed by atoms with Gasteiger partial charge in [0.05, 0.1) is 10.7 Å². The van der Waals surface area contributed by atoms with Crippen LogP contribution in [0.1, 0.15) is 10.4 Å². The molecular formula is C13H10Cl2N2O. The molecule has 0 radical (unpaired) electrons. The summed E-state index contributed by atoms with van der Waals surface area (Å²) in [6.45, 7) is 0. The smallest absolute Gasteiger partial charge is 0.272 e. The van der Waals surface area contributed by atoms with Crippen LogP contribution in [0.5, 0.6) is 0 Å². The summed E-state index contributed by atoms with van der Waals surface area (Å²) in [4.78, 5) is 12.1. The van der Waals surface area contributed by atoms with E-state index in [4.69, 9.17) is 29.1 Å². The quantitative estimate of drug-likeness (QED) is 0.673. The lowest BCUT2D eigenvalue weighted by Crippen LogP contribution is -2.20. The van der Waals surface area contributed by atoms with Gasteiger partial charge < -0.3 is 5.73 Å². The standard InChI is InChI=1S/C13H10Cl2N2O/c14-11-3-1-2-4-12(11)17(15)13(18)9-5-7-10(16)8-6-9/h1-8H,16H2. The summed E-state index contributed by atoms with van der Waals surface area (Å²) in [5.74, 6) is -0.357. The third-order valence-electron chi connectivity index (χ3n) is 2.40. The maximum Gasteiger partial charge on any atom is 0.272 e. The van der Waals surface area contributed by atoms with Gasteiger partial charge in [0, 0.05) is 23.0 Å². The van der Waals surface area contributed by atoms with E-state index in [0.29, 0.717) is 22.0 Å². The number of amides is 1. The van der Waals surface area contributed by atoms with E-state index in [1.54, 1.807) is 48.5 Å². The maximum atomic E-state index is 12.1. The van der Waals surface area contributed by atoms with Crippen LogP contribution in [-0.4, -0.2) is 5.91 Å². The molecule has 3 nitrogen and oxygen atoms in total. The van der Waals surface area contributed by atoms with Gasteiger partial charge in [0.2, 0.25) is 0 Å². The Labute approximate surface area is 115 Å². The van der Waals surface area contributed by atoms with Crippen LogP contribution >= 0.6 is 23.4 Å². The second kappa shape index (κ2) is 5.29. The number of halogens is 2. The fourth-order valence-corrected chi connectivity index (χ4v) is 1.97. The van der Waals surface area contributed by atoms with Crippen molar-refractivity contribution in [2.45, 2.75) is 0 Å². The minimum atomic E-state index is -0.357. The Morgan fingerprint density at radius 3 is 2.28 bits per heavy atom. The molecule has 0 bridgehead atoms. The van der Waals surface area contributed by atoms with Crippen LogP contribution in [0.25, 0.3) is 0 Å². The summed E-state index contributed by atoms with van der Waals surface area (Å²) < 4.78 is 0.994. The zero-order chi connectivity index (χ0) is 13.1. The SMILES string of the molecule is Nc1ccc(C(=O)N(Cl)c2ccccc2Cl)cc1. The molecule has 0 saturated carbocycles. The van der Waals surface area contributed by atoms with Crippen molar-refractivity contribution < 1.29 is 4.79 Å². The molecule has 2 rings (SSSR count). The molecule has 2 aromatic carbocycles. The number of hydrogen-bond donors (Lipinski definition) is 1. The normalized spacial score (nSPS) is 10.1. The van der Waals surface area contributed by atoms with Crippen molar-refractivity contribution in [2.24, 2.45) is 0 Å². The number of carbonyl (C=O) groups excluding carboxylic acids is 1. The number of rotatable bonds is 2. The molecule has 0 fully saturated rings. The van der Waals surface area contributed by atoms with E-state index in [2.05, 4.69) is 0 Å². The Morgan fingerprint density at radius 1 is 1.06 bits per heavy atom. The number of anilines is 2. The van der Waals surface area contributed by atoms with Gasteiger partial charge in [-0.3, -0.25) is 4.79 Å². The predicted molar refractivity (Wildman–Crippen MR) is 75.0 cm³/mol. The molecule has 2 aromatic rings. The van der Waals surface area contributed by atoms with Crippen molar-refractivity contribution in [3.8, 4) is 0 Å². The van der Waals surface area contributed by atoms with E-state index in [1.807, 2.05) is 0 Å². The number of nitrogen functional groups attached to an aromatic ring is 1. The van der Waals surface area contributed by atoms with Crippen LogP contribution in [0, 0.1) is 0 Å². The van der Waals surface area contributed by atoms with E-state index in [-0.39, 0.29) is 5.91 Å². The van der Waals surface area contributed by atoms with Crippen LogP contribution in [0.2, 0.25) is 5.02 Å². The van der Waals surface area contributed by atoms with Gasteiger partial charge in [0.1, 0.15) is 0 Å². The molecule has 0 aliphatic carbocycles. The third kappa shape index (κ3) is 2.58. The lowest BCUT2D eigenvalue weighted by molar-refractivity contribution is 0.101. The number of hydrogen-bond acceptors (Lipinski definition) is 2. The second-order valence-electron chi connectivity index (χ2n) is 3.66. The molecule has 0 saturated heterocycles. The van der Waals surface area contributed by atoms with Crippen molar-refractivity contribution in [1.29, 1.82) is 0 Å². The number of nitrogens with zero attached hydrogens (tertiary/aromatic N) is 1. The van der Waals surface area contributed by atoms with Gasteiger partial charge in [-0.1, -0.05) is 23.7 Å². The molecule has 0 aromatic heterocycles. The lowest BCUT2D eigenvalue weighted by atomic mass is 10.2. The van der Waals surface area contributed by atoms with Crippen molar-refractivity contribution >= 4 is 40.7 Å². The van der Waals surface area contributed by atoms with Gasteiger partial charge in [-0.25, -0.2) is 4.42 Å². The molecular weight excluding hydrogens is 271 g/mol. The number of para-hydroxylation sites is 1. The van der Waals surface area contributed by atoms with Crippen molar-refractivity contribution in [3.05, 3.63) is 59.1 Å². The minimum Gasteiger partial charge on any atom is -0.399 e. The molecule has 0 heterocycles. The van der Waals surface area contributed by atoms with Crippen LogP contribution in [-0.2, 0) is 0 Å². The number of carbonyl (C=O) groups is 1. The fourth-order valence-electron chi connectivity index (χ4n) is 1.46. The highest BCUT2D eigenvalue weighted by molar-refractivity contribution is 6.43. The first kappa shape index (κ1) is 12.7. The van der Waals surface area contributed by atoms with Gasteiger partial charge >= 0.3 is 0 Å². The summed E-state index contributed by atoms with van der Waals surface area (Å²) in [7, 11) is 0. The average Bonchev–Trinajstić information content (AvgIpc) is 2.38. The first-order valence-corrected chi connectivity index (χ1v) is 5.91. The van der Waals surface area contributed by atoms with Gasteiger partial charge in [0.25, 0.3) is 5.91 Å². The molecule has 0 spiro atoms. The van der Waals surface area contributed by atoms with E-state index < -0.39 is 0 Å². The Kier molecular flexibility index (Phi) is 3.75. The largest absolute Gasteiger partial charge is 0.399 e. The number of nitrogens with two attached hydrogens (primary N) is 1. The molecule has 1 amide bonds. The predicted octanol–water partition coefficient (Wildman–Crippen LogP) is 3.72. The van der Waals surface area contributed by atoms with E-state index >= 15 is 0 Å². The molecule has 0 aliphatic rings. The van der Waals surface area contributed by atoms with Gasteiger partial charge in [-0.15, -0.1) is 0 Å². The summed E-state index contributed by atoms with van der Waals surface area (Å²) >= 11 is 12.0. The Hall–Kier alpha value is -1.71. The van der Waals surface area contributed by atoms with Crippen LogP contribution in [0.4, 0.5) is 11.4 Å². The molecule has 5 heteroatoms. The van der Waals surface area contributed by atoms with Crippen molar-refractivity contribution in [1.82, 2.24) is 0 Å². The Morgan fingerprint density at radius 2 is 1.67 bits per heavy atom. The monoisotopic (exact) mass is 280 g/mol. The van der Waals surface area contributed by atoms with E-state index in [1.165, 1.54) is 0 Å². The molecule has 0 aliphatic heterocycles. The first-order chi connectivity index (χ1) is 8.59. The maximum absolute atomic E-state index is 12.1. The lowest BCUT2D eigenvalue weighted by Gasteiger charge is -2.15. The summed E-state index contributed by atoms with van der Waals surface area (Å²) in [5.41, 5.74) is 7.04. The van der Waals surface area contributed by atoms with Crippen molar-refractivity contribution in [3.63, 3.8) is 0 Å². The highest BCUT2D eigenvalue weighted by atomic mass is 35.5. The number of benzene rings is 2. The van der Waals surface area contributed by atoms with Gasteiger partial charge in [0.15, 0.2) is 0 Å². The van der Waals surface area contributed by atoms with Crippen molar-refractivity contribution in [2.75, 3.05) is 10.2 Å². The summed E-state index contributed by atoms with van der Waals surface area (Å²) in [6.07, 6.45) is 0. The zero-order valence-electron chi connectivity index (χ0n) is 9.31. The van der Waals surface area contributed by atoms with Gasteiger partial charge in [-0.05, 0) is 36.4 Å². The van der Waals surface area contributed by atoms with E-state index in [0.717, 1.165) is 4.42 Å². The zero-order valence-corrected chi connectivity index (χ0v) is 10.8. The van der Waals surface area contributed by atoms with Crippen LogP contribution < -0.4 is 10.2 Å². The van der Waals surface area contributed by atoms with Crippen LogP contribution in [0.3, 0.4) is 0 Å². The molecule has 0 unspecified atom stereocenters.